The van der Waals surface area contributed by atoms with Crippen LogP contribution in [0.5, 0.6) is 0 Å². The fourth-order valence-electron chi connectivity index (χ4n) is 1.22. The van der Waals surface area contributed by atoms with E-state index in [1.165, 1.54) is 6.07 Å². The third-order valence-corrected chi connectivity index (χ3v) is 1.89. The third-order valence-electron chi connectivity index (χ3n) is 1.89. The van der Waals surface area contributed by atoms with Gasteiger partial charge in [0.05, 0.1) is 0 Å². The molecule has 0 aliphatic heterocycles. The van der Waals surface area contributed by atoms with Crippen LogP contribution in [-0.4, -0.2) is 4.98 Å². The molecule has 0 spiro atoms. The predicted octanol–water partition coefficient (Wildman–Crippen LogP) is 3.07. The molecule has 0 saturated heterocycles. The minimum absolute atomic E-state index is 0.0697. The van der Waals surface area contributed by atoms with Gasteiger partial charge in [0.15, 0.2) is 0 Å². The van der Waals surface area contributed by atoms with Gasteiger partial charge >= 0.3 is 0 Å². The summed E-state index contributed by atoms with van der Waals surface area (Å²) in [4.78, 5) is 13.4. The lowest BCUT2D eigenvalue weighted by Crippen LogP contribution is -2.01. The maximum atomic E-state index is 10.8. The lowest BCUT2D eigenvalue weighted by atomic mass is 10.1. The quantitative estimate of drug-likeness (QED) is 0.755. The van der Waals surface area contributed by atoms with Gasteiger partial charge in [0.1, 0.15) is 0 Å². The summed E-state index contributed by atoms with van der Waals surface area (Å²) < 4.78 is 0. The highest BCUT2D eigenvalue weighted by atomic mass is 16.1. The van der Waals surface area contributed by atoms with Crippen molar-refractivity contribution in [2.45, 2.75) is 13.8 Å². The molecule has 0 unspecified atom stereocenters. The van der Waals surface area contributed by atoms with Crippen molar-refractivity contribution in [3.63, 3.8) is 0 Å². The number of H-pyrrole nitrogens is 1. The van der Waals surface area contributed by atoms with Crippen molar-refractivity contribution in [3.8, 4) is 11.1 Å². The van der Waals surface area contributed by atoms with E-state index in [1.54, 1.807) is 6.20 Å². The van der Waals surface area contributed by atoms with E-state index in [2.05, 4.69) is 4.98 Å². The number of pyridine rings is 1. The van der Waals surface area contributed by atoms with Gasteiger partial charge in [-0.05, 0) is 17.2 Å². The first-order valence-electron chi connectivity index (χ1n) is 5.10. The lowest BCUT2D eigenvalue weighted by Gasteiger charge is -1.98. The average molecular weight is 201 g/mol. The molecular formula is C13H15NO. The second kappa shape index (κ2) is 5.81. The molecule has 0 radical (unpaired) electrons. The zero-order valence-electron chi connectivity index (χ0n) is 9.03. The van der Waals surface area contributed by atoms with Gasteiger partial charge in [-0.15, -0.1) is 0 Å². The van der Waals surface area contributed by atoms with Crippen molar-refractivity contribution < 1.29 is 0 Å². The number of aromatic amines is 1. The van der Waals surface area contributed by atoms with E-state index in [4.69, 9.17) is 0 Å². The van der Waals surface area contributed by atoms with Gasteiger partial charge in [0, 0.05) is 12.3 Å². The van der Waals surface area contributed by atoms with Crippen LogP contribution in [-0.2, 0) is 0 Å². The molecule has 1 heterocycles. The van der Waals surface area contributed by atoms with Crippen molar-refractivity contribution in [1.29, 1.82) is 0 Å². The maximum absolute atomic E-state index is 10.8. The highest BCUT2D eigenvalue weighted by molar-refractivity contribution is 5.61. The summed E-state index contributed by atoms with van der Waals surface area (Å²) in [6, 6.07) is 13.3. The predicted molar refractivity (Wildman–Crippen MR) is 63.8 cm³/mol. The first kappa shape index (κ1) is 11.2. The van der Waals surface area contributed by atoms with E-state index in [0.29, 0.717) is 0 Å². The molecule has 0 aliphatic carbocycles. The number of hydrogen-bond acceptors (Lipinski definition) is 1. The van der Waals surface area contributed by atoms with E-state index in [0.717, 1.165) is 11.1 Å². The smallest absolute Gasteiger partial charge is 0.247 e. The molecule has 78 valence electrons. The van der Waals surface area contributed by atoms with Gasteiger partial charge in [0.2, 0.25) is 5.56 Å². The van der Waals surface area contributed by atoms with Crippen LogP contribution in [0.15, 0.2) is 53.5 Å². The van der Waals surface area contributed by atoms with Gasteiger partial charge in [-0.1, -0.05) is 44.2 Å². The maximum Gasteiger partial charge on any atom is 0.247 e. The van der Waals surface area contributed by atoms with E-state index >= 15 is 0 Å². The molecule has 0 saturated carbocycles. The molecule has 0 bridgehead atoms. The van der Waals surface area contributed by atoms with Crippen molar-refractivity contribution in [2.24, 2.45) is 0 Å². The monoisotopic (exact) mass is 201 g/mol. The zero-order chi connectivity index (χ0) is 11.1. The molecule has 2 heteroatoms. The standard InChI is InChI=1S/C11H9NO.C2H6/c13-11-7-6-10(8-12-11)9-4-2-1-3-5-9;1-2/h1-8H,(H,12,13);1-2H3. The van der Waals surface area contributed by atoms with Gasteiger partial charge in [-0.2, -0.15) is 0 Å². The van der Waals surface area contributed by atoms with Crippen molar-refractivity contribution in [1.82, 2.24) is 4.98 Å². The molecular weight excluding hydrogens is 186 g/mol. The molecule has 1 N–H and O–H groups in total. The van der Waals surface area contributed by atoms with Crippen molar-refractivity contribution in [2.75, 3.05) is 0 Å². The SMILES string of the molecule is CC.O=c1ccc(-c2ccccc2)c[nH]1. The Morgan fingerprint density at radius 2 is 1.53 bits per heavy atom. The minimum Gasteiger partial charge on any atom is -0.328 e. The summed E-state index contributed by atoms with van der Waals surface area (Å²) >= 11 is 0. The van der Waals surface area contributed by atoms with Gasteiger partial charge in [-0.25, -0.2) is 0 Å². The molecule has 15 heavy (non-hydrogen) atoms. The first-order chi connectivity index (χ1) is 7.36. The summed E-state index contributed by atoms with van der Waals surface area (Å²) in [5, 5.41) is 0. The fourth-order valence-corrected chi connectivity index (χ4v) is 1.22. The van der Waals surface area contributed by atoms with Crippen LogP contribution >= 0.6 is 0 Å². The topological polar surface area (TPSA) is 32.9 Å². The molecule has 1 aromatic heterocycles. The van der Waals surface area contributed by atoms with E-state index in [1.807, 2.05) is 50.2 Å². The normalized spacial score (nSPS) is 8.93. The van der Waals surface area contributed by atoms with Gasteiger partial charge in [-0.3, -0.25) is 4.79 Å². The molecule has 2 nitrogen and oxygen atoms in total. The van der Waals surface area contributed by atoms with Crippen LogP contribution in [0.2, 0.25) is 0 Å². The number of benzene rings is 1. The second-order valence-corrected chi connectivity index (χ2v) is 2.81. The molecule has 0 aliphatic rings. The van der Waals surface area contributed by atoms with Gasteiger partial charge in [0.25, 0.3) is 0 Å². The first-order valence-corrected chi connectivity index (χ1v) is 5.10. The Hall–Kier alpha value is -1.83. The summed E-state index contributed by atoms with van der Waals surface area (Å²) in [6.07, 6.45) is 1.72. The number of rotatable bonds is 1. The highest BCUT2D eigenvalue weighted by Gasteiger charge is 1.94. The summed E-state index contributed by atoms with van der Waals surface area (Å²) in [5.41, 5.74) is 2.07. The fraction of sp³-hybridized carbons (Fsp3) is 0.154. The molecule has 0 atom stereocenters. The van der Waals surface area contributed by atoms with Crippen LogP contribution < -0.4 is 5.56 Å². The Bertz CT molecular complexity index is 425. The van der Waals surface area contributed by atoms with Crippen LogP contribution in [0.1, 0.15) is 13.8 Å². The Morgan fingerprint density at radius 3 is 2.07 bits per heavy atom. The molecule has 1 aromatic carbocycles. The Balaban J connectivity index is 0.000000531. The van der Waals surface area contributed by atoms with Crippen LogP contribution in [0, 0.1) is 0 Å². The Morgan fingerprint density at radius 1 is 0.867 bits per heavy atom. The third kappa shape index (κ3) is 3.09. The number of nitrogens with one attached hydrogen (secondary N) is 1. The summed E-state index contributed by atoms with van der Waals surface area (Å²) in [6.45, 7) is 4.00. The van der Waals surface area contributed by atoms with Crippen molar-refractivity contribution in [3.05, 3.63) is 59.0 Å². The second-order valence-electron chi connectivity index (χ2n) is 2.81. The zero-order valence-corrected chi connectivity index (χ0v) is 9.03. The summed E-state index contributed by atoms with van der Waals surface area (Å²) in [7, 11) is 0. The highest BCUT2D eigenvalue weighted by Crippen LogP contribution is 2.15. The largest absolute Gasteiger partial charge is 0.328 e. The Labute approximate surface area is 89.6 Å². The van der Waals surface area contributed by atoms with Crippen molar-refractivity contribution >= 4 is 0 Å². The van der Waals surface area contributed by atoms with Gasteiger partial charge < -0.3 is 4.98 Å². The molecule has 2 rings (SSSR count). The van der Waals surface area contributed by atoms with Crippen LogP contribution in [0.4, 0.5) is 0 Å². The van der Waals surface area contributed by atoms with Crippen LogP contribution in [0.3, 0.4) is 0 Å². The van der Waals surface area contributed by atoms with E-state index in [9.17, 15) is 4.79 Å². The lowest BCUT2D eigenvalue weighted by molar-refractivity contribution is 1.24. The molecule has 0 fully saturated rings. The van der Waals surface area contributed by atoms with E-state index < -0.39 is 0 Å². The van der Waals surface area contributed by atoms with Crippen LogP contribution in [0.25, 0.3) is 11.1 Å². The minimum atomic E-state index is -0.0697. The van der Waals surface area contributed by atoms with E-state index in [-0.39, 0.29) is 5.56 Å². The number of hydrogen-bond donors (Lipinski definition) is 1. The molecule has 0 amide bonds. The average Bonchev–Trinajstić information content (AvgIpc) is 2.34. The molecule has 2 aromatic rings. The number of aromatic nitrogens is 1. The summed E-state index contributed by atoms with van der Waals surface area (Å²) in [5.74, 6) is 0. The Kier molecular flexibility index (Phi) is 4.35.